The Balaban J connectivity index is 2.33. The maximum atomic E-state index is 5.44. The minimum Gasteiger partial charge on any atom is -0.403 e. The van der Waals surface area contributed by atoms with Crippen LogP contribution in [0.25, 0.3) is 16.1 Å². The number of benzene rings is 1. The lowest BCUT2D eigenvalue weighted by Gasteiger charge is -1.84. The molecule has 3 rings (SSSR count). The summed E-state index contributed by atoms with van der Waals surface area (Å²) in [6.45, 7) is 0. The number of thiophene rings is 1. The summed E-state index contributed by atoms with van der Waals surface area (Å²) in [6, 6.07) is 12.1. The van der Waals surface area contributed by atoms with Gasteiger partial charge in [-0.25, -0.2) is 0 Å². The highest BCUT2D eigenvalue weighted by Gasteiger charge is 2.15. The first-order valence-electron chi connectivity index (χ1n) is 4.37. The van der Waals surface area contributed by atoms with Crippen molar-refractivity contribution in [1.29, 1.82) is 0 Å². The number of aromatic nitrogens is 1. The molecule has 0 saturated heterocycles. The van der Waals surface area contributed by atoms with Gasteiger partial charge < -0.3 is 4.42 Å². The lowest BCUT2D eigenvalue weighted by molar-refractivity contribution is -0.568. The van der Waals surface area contributed by atoms with Crippen LogP contribution < -0.4 is 4.57 Å². The molecule has 0 fully saturated rings. The van der Waals surface area contributed by atoms with Gasteiger partial charge in [0.2, 0.25) is 5.58 Å². The van der Waals surface area contributed by atoms with Crippen LogP contribution in [0.1, 0.15) is 0 Å². The van der Waals surface area contributed by atoms with Gasteiger partial charge in [-0.05, 0) is 17.5 Å². The summed E-state index contributed by atoms with van der Waals surface area (Å²) in [6.07, 6.45) is 1.75. The minimum atomic E-state index is 0.918. The van der Waals surface area contributed by atoms with Gasteiger partial charge in [0.1, 0.15) is 0 Å². The maximum Gasteiger partial charge on any atom is 0.342 e. The van der Waals surface area contributed by atoms with E-state index in [4.69, 9.17) is 4.42 Å². The molecule has 2 heterocycles. The van der Waals surface area contributed by atoms with Crippen LogP contribution in [-0.2, 0) is 0 Å². The third-order valence-corrected chi connectivity index (χ3v) is 3.02. The predicted molar refractivity (Wildman–Crippen MR) is 55.6 cm³/mol. The molecule has 0 amide bonds. The number of para-hydroxylation sites is 2. The molecule has 0 radical (unpaired) electrons. The van der Waals surface area contributed by atoms with Gasteiger partial charge in [-0.15, -0.1) is 4.57 Å². The van der Waals surface area contributed by atoms with E-state index in [1.54, 1.807) is 17.7 Å². The summed E-state index contributed by atoms with van der Waals surface area (Å²) < 4.78 is 7.50. The zero-order valence-corrected chi connectivity index (χ0v) is 8.20. The number of nitrogens with zero attached hydrogens (tertiary/aromatic N) is 1. The van der Waals surface area contributed by atoms with Gasteiger partial charge in [-0.1, -0.05) is 23.5 Å². The second-order valence-electron chi connectivity index (χ2n) is 3.01. The van der Waals surface area contributed by atoms with Crippen molar-refractivity contribution >= 4 is 22.4 Å². The van der Waals surface area contributed by atoms with Crippen molar-refractivity contribution in [3.63, 3.8) is 0 Å². The molecule has 0 bridgehead atoms. The van der Waals surface area contributed by atoms with E-state index in [2.05, 4.69) is 22.1 Å². The van der Waals surface area contributed by atoms with Gasteiger partial charge in [-0.2, -0.15) is 0 Å². The number of fused-ring (bicyclic) bond motifs is 1. The highest BCUT2D eigenvalue weighted by molar-refractivity contribution is 7.12. The van der Waals surface area contributed by atoms with Crippen LogP contribution in [0, 0.1) is 0 Å². The Kier molecular flexibility index (Phi) is 1.64. The van der Waals surface area contributed by atoms with E-state index < -0.39 is 0 Å². The Labute approximate surface area is 85.0 Å². The van der Waals surface area contributed by atoms with Crippen molar-refractivity contribution < 1.29 is 8.98 Å². The van der Waals surface area contributed by atoms with Crippen LogP contribution in [0.5, 0.6) is 0 Å². The van der Waals surface area contributed by atoms with E-state index in [9.17, 15) is 0 Å². The normalized spacial score (nSPS) is 10.9. The van der Waals surface area contributed by atoms with E-state index >= 15 is 0 Å². The summed E-state index contributed by atoms with van der Waals surface area (Å²) in [5.41, 5.74) is 2.02. The highest BCUT2D eigenvalue weighted by atomic mass is 32.1. The van der Waals surface area contributed by atoms with Crippen LogP contribution in [0.4, 0.5) is 0 Å². The summed E-state index contributed by atoms with van der Waals surface area (Å²) in [7, 11) is 0. The fourth-order valence-electron chi connectivity index (χ4n) is 1.50. The van der Waals surface area contributed by atoms with Crippen molar-refractivity contribution in [3.8, 4) is 5.00 Å². The number of rotatable bonds is 1. The number of hydrogen-bond acceptors (Lipinski definition) is 2. The van der Waals surface area contributed by atoms with Gasteiger partial charge in [0.05, 0.1) is 0 Å². The standard InChI is InChI=1S/C11H8NOS/c1-2-5-10-9(4-1)12(8-13-10)11-6-3-7-14-11/h1-8H/q+1. The average Bonchev–Trinajstić information content (AvgIpc) is 2.85. The Bertz CT molecular complexity index is 553. The Morgan fingerprint density at radius 3 is 2.86 bits per heavy atom. The first kappa shape index (κ1) is 7.76. The molecule has 0 saturated carbocycles. The third kappa shape index (κ3) is 1.06. The maximum absolute atomic E-state index is 5.44. The lowest BCUT2D eigenvalue weighted by Crippen LogP contribution is -2.26. The Morgan fingerprint density at radius 1 is 1.07 bits per heavy atom. The van der Waals surface area contributed by atoms with E-state index in [1.165, 1.54) is 5.00 Å². The number of hydrogen-bond donors (Lipinski definition) is 0. The number of oxazole rings is 1. The molecule has 0 atom stereocenters. The van der Waals surface area contributed by atoms with Crippen molar-refractivity contribution in [1.82, 2.24) is 0 Å². The lowest BCUT2D eigenvalue weighted by atomic mass is 10.3. The van der Waals surface area contributed by atoms with Crippen LogP contribution in [0.3, 0.4) is 0 Å². The molecule has 2 nitrogen and oxygen atoms in total. The molecule has 14 heavy (non-hydrogen) atoms. The summed E-state index contributed by atoms with van der Waals surface area (Å²) in [5.74, 6) is 0. The van der Waals surface area contributed by atoms with Crippen molar-refractivity contribution in [2.75, 3.05) is 0 Å². The van der Waals surface area contributed by atoms with Gasteiger partial charge in [0, 0.05) is 12.1 Å². The van der Waals surface area contributed by atoms with Gasteiger partial charge >= 0.3 is 6.39 Å². The van der Waals surface area contributed by atoms with Crippen LogP contribution >= 0.6 is 11.3 Å². The zero-order valence-electron chi connectivity index (χ0n) is 7.38. The van der Waals surface area contributed by atoms with Crippen molar-refractivity contribution in [2.45, 2.75) is 0 Å². The van der Waals surface area contributed by atoms with E-state index in [1.807, 2.05) is 24.3 Å². The molecule has 0 spiro atoms. The third-order valence-electron chi connectivity index (χ3n) is 2.15. The molecular formula is C11H8NOS+. The molecule has 2 aromatic heterocycles. The predicted octanol–water partition coefficient (Wildman–Crippen LogP) is 2.77. The summed E-state index contributed by atoms with van der Waals surface area (Å²) >= 11 is 1.70. The molecule has 0 aliphatic heterocycles. The first-order chi connectivity index (χ1) is 6.95. The monoisotopic (exact) mass is 202 g/mol. The van der Waals surface area contributed by atoms with E-state index in [0.29, 0.717) is 0 Å². The van der Waals surface area contributed by atoms with Gasteiger partial charge in [0.15, 0.2) is 0 Å². The van der Waals surface area contributed by atoms with E-state index in [0.717, 1.165) is 11.1 Å². The molecule has 3 heteroatoms. The quantitative estimate of drug-likeness (QED) is 0.554. The smallest absolute Gasteiger partial charge is 0.342 e. The topological polar surface area (TPSA) is 17.0 Å². The fraction of sp³-hybridized carbons (Fsp3) is 0. The molecule has 1 aromatic carbocycles. The van der Waals surface area contributed by atoms with Crippen LogP contribution in [0.2, 0.25) is 0 Å². The highest BCUT2D eigenvalue weighted by Crippen LogP contribution is 2.15. The van der Waals surface area contributed by atoms with Crippen molar-refractivity contribution in [2.24, 2.45) is 0 Å². The molecule has 0 unspecified atom stereocenters. The van der Waals surface area contributed by atoms with Crippen LogP contribution in [-0.4, -0.2) is 0 Å². The molecule has 0 aliphatic carbocycles. The van der Waals surface area contributed by atoms with Gasteiger partial charge in [0.25, 0.3) is 10.5 Å². The molecular weight excluding hydrogens is 194 g/mol. The molecule has 68 valence electrons. The Morgan fingerprint density at radius 2 is 2.00 bits per heavy atom. The van der Waals surface area contributed by atoms with E-state index in [-0.39, 0.29) is 0 Å². The van der Waals surface area contributed by atoms with Gasteiger partial charge in [-0.3, -0.25) is 0 Å². The molecule has 0 N–H and O–H groups in total. The summed E-state index contributed by atoms with van der Waals surface area (Å²) in [5, 5.41) is 3.24. The Hall–Kier alpha value is -1.61. The zero-order chi connectivity index (χ0) is 9.38. The second-order valence-corrected chi connectivity index (χ2v) is 3.94. The average molecular weight is 202 g/mol. The van der Waals surface area contributed by atoms with Crippen molar-refractivity contribution in [3.05, 3.63) is 48.2 Å². The molecule has 3 aromatic rings. The molecule has 0 aliphatic rings. The largest absolute Gasteiger partial charge is 0.403 e. The SMILES string of the molecule is c1csc(-[n+]2coc3ccccc32)c1. The fourth-order valence-corrected chi connectivity index (χ4v) is 2.21. The summed E-state index contributed by atoms with van der Waals surface area (Å²) in [4.78, 5) is 0. The first-order valence-corrected chi connectivity index (χ1v) is 5.25. The second kappa shape index (κ2) is 2.96. The minimum absolute atomic E-state index is 0.918. The van der Waals surface area contributed by atoms with Crippen LogP contribution in [0.15, 0.2) is 52.6 Å².